The van der Waals surface area contributed by atoms with Gasteiger partial charge >= 0.3 is 0 Å². The molecule has 2 amide bonds. The van der Waals surface area contributed by atoms with Crippen LogP contribution in [0.25, 0.3) is 10.6 Å². The predicted molar refractivity (Wildman–Crippen MR) is 96.8 cm³/mol. The fourth-order valence-corrected chi connectivity index (χ4v) is 3.01. The Morgan fingerprint density at radius 3 is 2.64 bits per heavy atom. The van der Waals surface area contributed by atoms with Crippen molar-refractivity contribution in [1.82, 2.24) is 10.3 Å². The summed E-state index contributed by atoms with van der Waals surface area (Å²) in [6.07, 6.45) is 1.24. The number of hydrogen-bond donors (Lipinski definition) is 2. The minimum atomic E-state index is -0.429. The van der Waals surface area contributed by atoms with E-state index in [2.05, 4.69) is 15.6 Å². The van der Waals surface area contributed by atoms with Gasteiger partial charge in [0, 0.05) is 6.04 Å². The largest absolute Gasteiger partial charge is 0.442 e. The van der Waals surface area contributed by atoms with Gasteiger partial charge in [-0.3, -0.25) is 9.59 Å². The molecule has 0 saturated carbocycles. The Balaban J connectivity index is 1.86. The first-order valence-corrected chi connectivity index (χ1v) is 8.63. The van der Waals surface area contributed by atoms with Crippen LogP contribution in [0.15, 0.2) is 52.6 Å². The quantitative estimate of drug-likeness (QED) is 0.729. The summed E-state index contributed by atoms with van der Waals surface area (Å²) in [4.78, 5) is 29.8. The van der Waals surface area contributed by atoms with Crippen LogP contribution in [0.1, 0.15) is 34.7 Å². The summed E-state index contributed by atoms with van der Waals surface area (Å²) in [5.74, 6) is -0.261. The molecule has 0 fully saturated rings. The number of anilines is 1. The number of thiophene rings is 1. The average Bonchev–Trinajstić information content (AvgIpc) is 3.25. The number of benzene rings is 1. The van der Waals surface area contributed by atoms with Gasteiger partial charge in [0.15, 0.2) is 17.8 Å². The Labute approximate surface area is 148 Å². The molecule has 1 aromatic carbocycles. The van der Waals surface area contributed by atoms with E-state index >= 15 is 0 Å². The van der Waals surface area contributed by atoms with Crippen LogP contribution in [0, 0.1) is 0 Å². The molecule has 0 aliphatic carbocycles. The Bertz CT molecular complexity index is 885. The maximum absolute atomic E-state index is 12.6. The van der Waals surface area contributed by atoms with Gasteiger partial charge in [-0.1, -0.05) is 18.2 Å². The van der Waals surface area contributed by atoms with E-state index in [1.807, 2.05) is 31.4 Å². The molecule has 0 aliphatic rings. The minimum absolute atomic E-state index is 0.00257. The molecule has 3 rings (SSSR count). The van der Waals surface area contributed by atoms with Crippen molar-refractivity contribution in [1.29, 1.82) is 0 Å². The lowest BCUT2D eigenvalue weighted by Gasteiger charge is -2.12. The summed E-state index contributed by atoms with van der Waals surface area (Å²) >= 11 is 1.46. The van der Waals surface area contributed by atoms with Gasteiger partial charge in [-0.2, -0.15) is 0 Å². The van der Waals surface area contributed by atoms with Crippen molar-refractivity contribution in [3.63, 3.8) is 0 Å². The van der Waals surface area contributed by atoms with Gasteiger partial charge in [0.1, 0.15) is 0 Å². The number of nitrogens with zero attached hydrogens (tertiary/aromatic N) is 1. The smallest absolute Gasteiger partial charge is 0.278 e. The van der Waals surface area contributed by atoms with Crippen LogP contribution in [0.3, 0.4) is 0 Å². The summed E-state index contributed by atoms with van der Waals surface area (Å²) in [5.41, 5.74) is 0.998. The lowest BCUT2D eigenvalue weighted by molar-refractivity contribution is 0.0944. The minimum Gasteiger partial charge on any atom is -0.442 e. The molecular formula is C18H17N3O3S. The van der Waals surface area contributed by atoms with Crippen LogP contribution < -0.4 is 10.6 Å². The SMILES string of the molecule is CC(C)NC(=O)c1ccccc1NC(=O)c1ncoc1-c1cccs1. The van der Waals surface area contributed by atoms with Crippen molar-refractivity contribution < 1.29 is 14.0 Å². The molecule has 2 aromatic heterocycles. The fraction of sp³-hybridized carbons (Fsp3) is 0.167. The summed E-state index contributed by atoms with van der Waals surface area (Å²) in [6.45, 7) is 3.75. The molecule has 0 spiro atoms. The third-order valence-corrected chi connectivity index (χ3v) is 4.24. The zero-order valence-electron chi connectivity index (χ0n) is 13.8. The van der Waals surface area contributed by atoms with E-state index in [-0.39, 0.29) is 17.6 Å². The van der Waals surface area contributed by atoms with Gasteiger partial charge in [0.25, 0.3) is 11.8 Å². The number of aromatic nitrogens is 1. The third kappa shape index (κ3) is 3.77. The van der Waals surface area contributed by atoms with E-state index in [4.69, 9.17) is 4.42 Å². The van der Waals surface area contributed by atoms with Crippen molar-refractivity contribution in [2.75, 3.05) is 5.32 Å². The van der Waals surface area contributed by atoms with Crippen molar-refractivity contribution in [3.05, 3.63) is 59.4 Å². The maximum atomic E-state index is 12.6. The maximum Gasteiger partial charge on any atom is 0.278 e. The van der Waals surface area contributed by atoms with Crippen LogP contribution in [-0.2, 0) is 0 Å². The van der Waals surface area contributed by atoms with Gasteiger partial charge in [0.05, 0.1) is 16.1 Å². The predicted octanol–water partition coefficient (Wildman–Crippen LogP) is 3.79. The first-order valence-electron chi connectivity index (χ1n) is 7.75. The molecule has 2 heterocycles. The highest BCUT2D eigenvalue weighted by Gasteiger charge is 2.21. The van der Waals surface area contributed by atoms with Crippen LogP contribution in [0.4, 0.5) is 5.69 Å². The number of nitrogens with one attached hydrogen (secondary N) is 2. The van der Waals surface area contributed by atoms with Crippen LogP contribution >= 0.6 is 11.3 Å². The molecule has 0 bridgehead atoms. The van der Waals surface area contributed by atoms with E-state index in [1.54, 1.807) is 24.3 Å². The van der Waals surface area contributed by atoms with E-state index < -0.39 is 5.91 Å². The number of carbonyl (C=O) groups is 2. The van der Waals surface area contributed by atoms with Crippen molar-refractivity contribution in [2.45, 2.75) is 19.9 Å². The number of rotatable bonds is 5. The van der Waals surface area contributed by atoms with E-state index in [0.29, 0.717) is 17.0 Å². The fourth-order valence-electron chi connectivity index (χ4n) is 2.30. The molecule has 0 atom stereocenters. The highest BCUT2D eigenvalue weighted by molar-refractivity contribution is 7.13. The number of carbonyl (C=O) groups excluding carboxylic acids is 2. The first-order chi connectivity index (χ1) is 12.1. The topological polar surface area (TPSA) is 84.2 Å². The van der Waals surface area contributed by atoms with E-state index in [9.17, 15) is 9.59 Å². The molecule has 0 unspecified atom stereocenters. The Kier molecular flexibility index (Phi) is 4.95. The molecule has 0 radical (unpaired) electrons. The molecule has 0 saturated heterocycles. The van der Waals surface area contributed by atoms with Gasteiger partial charge in [0.2, 0.25) is 0 Å². The average molecular weight is 355 g/mol. The molecule has 3 aromatic rings. The highest BCUT2D eigenvalue weighted by Crippen LogP contribution is 2.28. The third-order valence-electron chi connectivity index (χ3n) is 3.37. The lowest BCUT2D eigenvalue weighted by atomic mass is 10.1. The summed E-state index contributed by atoms with van der Waals surface area (Å²) in [7, 11) is 0. The molecule has 7 heteroatoms. The summed E-state index contributed by atoms with van der Waals surface area (Å²) < 4.78 is 5.36. The van der Waals surface area contributed by atoms with Crippen molar-refractivity contribution >= 4 is 28.8 Å². The Morgan fingerprint density at radius 1 is 1.12 bits per heavy atom. The second-order valence-corrected chi connectivity index (χ2v) is 6.58. The van der Waals surface area contributed by atoms with Crippen LogP contribution in [0.2, 0.25) is 0 Å². The highest BCUT2D eigenvalue weighted by atomic mass is 32.1. The monoisotopic (exact) mass is 355 g/mol. The lowest BCUT2D eigenvalue weighted by Crippen LogP contribution is -2.31. The molecule has 2 N–H and O–H groups in total. The van der Waals surface area contributed by atoms with E-state index in [0.717, 1.165) is 4.88 Å². The van der Waals surface area contributed by atoms with Gasteiger partial charge in [-0.15, -0.1) is 11.3 Å². The van der Waals surface area contributed by atoms with Gasteiger partial charge < -0.3 is 15.1 Å². The number of amides is 2. The van der Waals surface area contributed by atoms with Crippen molar-refractivity contribution in [2.24, 2.45) is 0 Å². The number of hydrogen-bond acceptors (Lipinski definition) is 5. The molecule has 25 heavy (non-hydrogen) atoms. The Morgan fingerprint density at radius 2 is 1.92 bits per heavy atom. The molecule has 0 aliphatic heterocycles. The van der Waals surface area contributed by atoms with Gasteiger partial charge in [-0.25, -0.2) is 4.98 Å². The zero-order chi connectivity index (χ0) is 17.8. The normalized spacial score (nSPS) is 10.7. The Hall–Kier alpha value is -2.93. The first kappa shape index (κ1) is 16.9. The number of para-hydroxylation sites is 1. The molecular weight excluding hydrogens is 338 g/mol. The molecule has 6 nitrogen and oxygen atoms in total. The zero-order valence-corrected chi connectivity index (χ0v) is 14.6. The van der Waals surface area contributed by atoms with Crippen LogP contribution in [-0.4, -0.2) is 22.8 Å². The summed E-state index contributed by atoms with van der Waals surface area (Å²) in [5, 5.41) is 7.46. The second kappa shape index (κ2) is 7.31. The van der Waals surface area contributed by atoms with Crippen molar-refractivity contribution in [3.8, 4) is 10.6 Å². The number of oxazole rings is 1. The van der Waals surface area contributed by atoms with Crippen LogP contribution in [0.5, 0.6) is 0 Å². The summed E-state index contributed by atoms with van der Waals surface area (Å²) in [6, 6.07) is 10.6. The molecule has 128 valence electrons. The second-order valence-electron chi connectivity index (χ2n) is 5.64. The standard InChI is InChI=1S/C18H17N3O3S/c1-11(2)20-17(22)12-6-3-4-7-13(12)21-18(23)15-16(24-10-19-15)14-8-5-9-25-14/h3-11H,1-2H3,(H,20,22)(H,21,23). The van der Waals surface area contributed by atoms with E-state index in [1.165, 1.54) is 17.7 Å². The van der Waals surface area contributed by atoms with Gasteiger partial charge in [-0.05, 0) is 37.4 Å².